The number of pyridine rings is 1. The Balaban J connectivity index is 1.86. The van der Waals surface area contributed by atoms with Crippen LogP contribution >= 0.6 is 11.3 Å². The molecule has 0 aliphatic carbocycles. The van der Waals surface area contributed by atoms with E-state index < -0.39 is 0 Å². The van der Waals surface area contributed by atoms with E-state index in [0.717, 1.165) is 5.69 Å². The van der Waals surface area contributed by atoms with Crippen LogP contribution in [0.1, 0.15) is 15.4 Å². The number of aromatic nitrogens is 2. The van der Waals surface area contributed by atoms with Gasteiger partial charge in [0.05, 0.1) is 6.20 Å². The number of anilines is 1. The van der Waals surface area contributed by atoms with Crippen molar-refractivity contribution in [2.24, 2.45) is 5.92 Å². The van der Waals surface area contributed by atoms with Gasteiger partial charge in [0.15, 0.2) is 5.13 Å². The van der Waals surface area contributed by atoms with E-state index in [-0.39, 0.29) is 18.4 Å². The summed E-state index contributed by atoms with van der Waals surface area (Å²) in [5.74, 6) is -0.228. The van der Waals surface area contributed by atoms with Gasteiger partial charge in [0.1, 0.15) is 4.88 Å². The van der Waals surface area contributed by atoms with Crippen molar-refractivity contribution in [3.05, 3.63) is 41.2 Å². The van der Waals surface area contributed by atoms with Gasteiger partial charge in [0, 0.05) is 38.0 Å². The topological polar surface area (TPSA) is 87.1 Å². The first-order valence-corrected chi connectivity index (χ1v) is 7.47. The number of rotatable bonds is 7. The molecule has 0 aliphatic heterocycles. The summed E-state index contributed by atoms with van der Waals surface area (Å²) in [4.78, 5) is 20.8. The van der Waals surface area contributed by atoms with Gasteiger partial charge in [-0.25, -0.2) is 4.98 Å². The number of carbonyl (C=O) groups excluding carboxylic acids is 1. The van der Waals surface area contributed by atoms with Gasteiger partial charge in [-0.15, -0.1) is 0 Å². The maximum absolute atomic E-state index is 12.0. The molecule has 0 bridgehead atoms. The second-order valence-corrected chi connectivity index (χ2v) is 5.59. The third-order valence-electron chi connectivity index (χ3n) is 2.98. The fraction of sp³-hybridized carbons (Fsp3) is 0.357. The molecule has 0 saturated carbocycles. The van der Waals surface area contributed by atoms with E-state index in [2.05, 4.69) is 20.6 Å². The summed E-state index contributed by atoms with van der Waals surface area (Å²) in [6.45, 7) is 0.403. The molecule has 0 fully saturated rings. The molecule has 2 aromatic heterocycles. The number of nitrogens with zero attached hydrogens (tertiary/aromatic N) is 2. The summed E-state index contributed by atoms with van der Waals surface area (Å²) in [5.41, 5.74) is 0.904. The Hall–Kier alpha value is -1.99. The number of hydrogen-bond acceptors (Lipinski definition) is 6. The Labute approximate surface area is 127 Å². The second kappa shape index (κ2) is 7.70. The zero-order valence-corrected chi connectivity index (χ0v) is 12.6. The number of nitrogens with one attached hydrogen (secondary N) is 2. The molecule has 0 aromatic carbocycles. The summed E-state index contributed by atoms with van der Waals surface area (Å²) < 4.78 is 0. The molecular formula is C14H18N4O2S. The maximum Gasteiger partial charge on any atom is 0.263 e. The number of hydrogen-bond donors (Lipinski definition) is 3. The SMILES string of the molecule is CNc1ncc(C(=O)NCC(CO)Cc2ccccn2)s1. The van der Waals surface area contributed by atoms with Crippen molar-refractivity contribution in [2.75, 3.05) is 25.5 Å². The molecule has 1 amide bonds. The first-order chi connectivity index (χ1) is 10.2. The standard InChI is InChI=1S/C14H18N4O2S/c1-15-14-18-8-12(21-14)13(20)17-7-10(9-19)6-11-4-2-3-5-16-11/h2-5,8,10,19H,6-7,9H2,1H3,(H,15,18)(H,17,20). The highest BCUT2D eigenvalue weighted by Gasteiger charge is 2.14. The van der Waals surface area contributed by atoms with Gasteiger partial charge < -0.3 is 15.7 Å². The Morgan fingerprint density at radius 3 is 2.90 bits per heavy atom. The lowest BCUT2D eigenvalue weighted by atomic mass is 10.0. The van der Waals surface area contributed by atoms with Gasteiger partial charge >= 0.3 is 0 Å². The molecule has 0 spiro atoms. The average Bonchev–Trinajstić information content (AvgIpc) is 3.01. The van der Waals surface area contributed by atoms with Crippen LogP contribution in [-0.2, 0) is 6.42 Å². The van der Waals surface area contributed by atoms with Crippen LogP contribution in [0.2, 0.25) is 0 Å². The quantitative estimate of drug-likeness (QED) is 0.714. The van der Waals surface area contributed by atoms with E-state index in [4.69, 9.17) is 0 Å². The highest BCUT2D eigenvalue weighted by molar-refractivity contribution is 7.17. The van der Waals surface area contributed by atoms with Crippen molar-refractivity contribution in [3.8, 4) is 0 Å². The Kier molecular flexibility index (Phi) is 5.65. The minimum atomic E-state index is -0.173. The van der Waals surface area contributed by atoms with Crippen molar-refractivity contribution < 1.29 is 9.90 Å². The lowest BCUT2D eigenvalue weighted by Crippen LogP contribution is -2.31. The molecule has 7 heteroatoms. The smallest absolute Gasteiger partial charge is 0.263 e. The van der Waals surface area contributed by atoms with Crippen molar-refractivity contribution in [2.45, 2.75) is 6.42 Å². The fourth-order valence-corrected chi connectivity index (χ4v) is 2.52. The van der Waals surface area contributed by atoms with Gasteiger partial charge in [-0.1, -0.05) is 17.4 Å². The van der Waals surface area contributed by atoms with E-state index in [1.165, 1.54) is 11.3 Å². The predicted molar refractivity (Wildman–Crippen MR) is 82.5 cm³/mol. The van der Waals surface area contributed by atoms with E-state index in [0.29, 0.717) is 23.0 Å². The molecular weight excluding hydrogens is 288 g/mol. The largest absolute Gasteiger partial charge is 0.396 e. The van der Waals surface area contributed by atoms with Crippen LogP contribution in [0.15, 0.2) is 30.6 Å². The summed E-state index contributed by atoms with van der Waals surface area (Å²) >= 11 is 1.30. The highest BCUT2D eigenvalue weighted by Crippen LogP contribution is 2.17. The summed E-state index contributed by atoms with van der Waals surface area (Å²) in [6, 6.07) is 5.67. The zero-order valence-electron chi connectivity index (χ0n) is 11.7. The fourth-order valence-electron chi connectivity index (χ4n) is 1.83. The lowest BCUT2D eigenvalue weighted by Gasteiger charge is -2.14. The number of carbonyl (C=O) groups is 1. The van der Waals surface area contributed by atoms with Crippen LogP contribution in [0.4, 0.5) is 5.13 Å². The van der Waals surface area contributed by atoms with Crippen molar-refractivity contribution >= 4 is 22.4 Å². The average molecular weight is 306 g/mol. The van der Waals surface area contributed by atoms with Gasteiger partial charge in [-0.2, -0.15) is 0 Å². The van der Waals surface area contributed by atoms with E-state index >= 15 is 0 Å². The monoisotopic (exact) mass is 306 g/mol. The van der Waals surface area contributed by atoms with Crippen LogP contribution < -0.4 is 10.6 Å². The molecule has 1 atom stereocenters. The molecule has 1 unspecified atom stereocenters. The summed E-state index contributed by atoms with van der Waals surface area (Å²) in [7, 11) is 1.76. The molecule has 2 aromatic rings. The van der Waals surface area contributed by atoms with E-state index in [1.807, 2.05) is 18.2 Å². The second-order valence-electron chi connectivity index (χ2n) is 4.56. The van der Waals surface area contributed by atoms with Crippen LogP contribution in [0.25, 0.3) is 0 Å². The highest BCUT2D eigenvalue weighted by atomic mass is 32.1. The van der Waals surface area contributed by atoms with Crippen molar-refractivity contribution in [3.63, 3.8) is 0 Å². The number of amides is 1. The zero-order chi connectivity index (χ0) is 15.1. The van der Waals surface area contributed by atoms with E-state index in [1.54, 1.807) is 19.4 Å². The maximum atomic E-state index is 12.0. The van der Waals surface area contributed by atoms with Gasteiger partial charge in [0.25, 0.3) is 5.91 Å². The van der Waals surface area contributed by atoms with E-state index in [9.17, 15) is 9.90 Å². The Morgan fingerprint density at radius 2 is 2.29 bits per heavy atom. The van der Waals surface area contributed by atoms with Crippen molar-refractivity contribution in [1.82, 2.24) is 15.3 Å². The minimum absolute atomic E-state index is 0.00130. The first kappa shape index (κ1) is 15.4. The molecule has 112 valence electrons. The molecule has 0 radical (unpaired) electrons. The van der Waals surface area contributed by atoms with Crippen LogP contribution in [0, 0.1) is 5.92 Å². The minimum Gasteiger partial charge on any atom is -0.396 e. The summed E-state index contributed by atoms with van der Waals surface area (Å²) in [6.07, 6.45) is 3.89. The molecule has 0 aliphatic rings. The third kappa shape index (κ3) is 4.51. The number of thiazole rings is 1. The normalized spacial score (nSPS) is 11.9. The number of aliphatic hydroxyl groups excluding tert-OH is 1. The van der Waals surface area contributed by atoms with Crippen molar-refractivity contribution in [1.29, 1.82) is 0 Å². The third-order valence-corrected chi connectivity index (χ3v) is 3.99. The van der Waals surface area contributed by atoms with Crippen LogP contribution in [-0.4, -0.2) is 41.2 Å². The Morgan fingerprint density at radius 1 is 1.43 bits per heavy atom. The molecule has 0 saturated heterocycles. The molecule has 6 nitrogen and oxygen atoms in total. The molecule has 2 heterocycles. The molecule has 2 rings (SSSR count). The van der Waals surface area contributed by atoms with Crippen LogP contribution in [0.3, 0.4) is 0 Å². The number of aliphatic hydroxyl groups is 1. The first-order valence-electron chi connectivity index (χ1n) is 6.65. The van der Waals surface area contributed by atoms with Crippen LogP contribution in [0.5, 0.6) is 0 Å². The van der Waals surface area contributed by atoms with Gasteiger partial charge in [0.2, 0.25) is 0 Å². The molecule has 3 N–H and O–H groups in total. The van der Waals surface area contributed by atoms with Gasteiger partial charge in [-0.05, 0) is 18.6 Å². The Bertz CT molecular complexity index is 573. The lowest BCUT2D eigenvalue weighted by molar-refractivity contribution is 0.0943. The van der Waals surface area contributed by atoms with Gasteiger partial charge in [-0.3, -0.25) is 9.78 Å². The molecule has 21 heavy (non-hydrogen) atoms. The predicted octanol–water partition coefficient (Wildman–Crippen LogP) is 1.16. The summed E-state index contributed by atoms with van der Waals surface area (Å²) in [5, 5.41) is 15.8.